The topological polar surface area (TPSA) is 73.2 Å². The third-order valence-electron chi connectivity index (χ3n) is 5.03. The second-order valence-corrected chi connectivity index (χ2v) is 9.88. The Balaban J connectivity index is 1.71. The molecule has 0 spiro atoms. The molecule has 0 bridgehead atoms. The normalized spacial score (nSPS) is 16.8. The fraction of sp³-hybridized carbons (Fsp3) is 0.0800. The summed E-state index contributed by atoms with van der Waals surface area (Å²) in [5.41, 5.74) is 1.59. The lowest BCUT2D eigenvalue weighted by Crippen LogP contribution is -2.30. The minimum atomic E-state index is -0.635. The smallest absolute Gasteiger partial charge is 0.269 e. The predicted octanol–water partition coefficient (Wildman–Crippen LogP) is 6.31. The SMILES string of the molecule is N#C/C(C(=O)Nc1ccc(Cl)cc1)=C1/S[C@@H](Cc2ccc(F)cc2)C(=O)N1c1ccc(Br)cc1. The Hall–Kier alpha value is -3.12. The van der Waals surface area contributed by atoms with Crippen LogP contribution in [0.4, 0.5) is 15.8 Å². The van der Waals surface area contributed by atoms with Gasteiger partial charge < -0.3 is 5.32 Å². The summed E-state index contributed by atoms with van der Waals surface area (Å²) in [6, 6.07) is 21.4. The molecular formula is C25H16BrClFN3O2S. The van der Waals surface area contributed by atoms with E-state index in [2.05, 4.69) is 21.2 Å². The Morgan fingerprint density at radius 1 is 1.09 bits per heavy atom. The standard InChI is InChI=1S/C25H16BrClFN3O2S/c26-16-3-11-20(12-4-16)31-24(33)22(13-15-1-7-18(28)8-2-15)34-25(31)21(14-29)23(32)30-19-9-5-17(27)6-10-19/h1-12,22H,13H2,(H,30,32)/b25-21-/t22-/m0/s1. The Morgan fingerprint density at radius 3 is 2.35 bits per heavy atom. The molecule has 2 amide bonds. The molecule has 0 aliphatic carbocycles. The predicted molar refractivity (Wildman–Crippen MR) is 136 cm³/mol. The summed E-state index contributed by atoms with van der Waals surface area (Å²) in [5.74, 6) is -1.26. The highest BCUT2D eigenvalue weighted by Gasteiger charge is 2.40. The average molecular weight is 557 g/mol. The van der Waals surface area contributed by atoms with Crippen molar-refractivity contribution in [3.05, 3.63) is 104 Å². The lowest BCUT2D eigenvalue weighted by atomic mass is 10.1. The zero-order valence-electron chi connectivity index (χ0n) is 17.5. The molecule has 1 saturated heterocycles. The van der Waals surface area contributed by atoms with Gasteiger partial charge in [-0.1, -0.05) is 51.4 Å². The van der Waals surface area contributed by atoms with Crippen LogP contribution in [-0.4, -0.2) is 17.1 Å². The number of halogens is 3. The van der Waals surface area contributed by atoms with Crippen LogP contribution < -0.4 is 10.2 Å². The highest BCUT2D eigenvalue weighted by molar-refractivity contribution is 9.10. The monoisotopic (exact) mass is 555 g/mol. The molecule has 4 rings (SSSR count). The molecule has 0 aromatic heterocycles. The van der Waals surface area contributed by atoms with E-state index in [9.17, 15) is 19.2 Å². The van der Waals surface area contributed by atoms with Gasteiger partial charge in [-0.25, -0.2) is 4.39 Å². The number of nitriles is 1. The second-order valence-electron chi connectivity index (χ2n) is 7.34. The van der Waals surface area contributed by atoms with E-state index in [1.54, 1.807) is 60.7 Å². The Labute approximate surface area is 213 Å². The number of hydrogen-bond donors (Lipinski definition) is 1. The summed E-state index contributed by atoms with van der Waals surface area (Å²) < 4.78 is 14.1. The molecule has 1 aliphatic rings. The van der Waals surface area contributed by atoms with Gasteiger partial charge in [0.1, 0.15) is 22.5 Å². The van der Waals surface area contributed by atoms with Gasteiger partial charge in [-0.3, -0.25) is 14.5 Å². The lowest BCUT2D eigenvalue weighted by molar-refractivity contribution is -0.117. The van der Waals surface area contributed by atoms with Crippen molar-refractivity contribution in [1.82, 2.24) is 0 Å². The highest BCUT2D eigenvalue weighted by Crippen LogP contribution is 2.42. The lowest BCUT2D eigenvalue weighted by Gasteiger charge is -2.19. The number of carbonyl (C=O) groups excluding carboxylic acids is 2. The minimum absolute atomic E-state index is 0.183. The van der Waals surface area contributed by atoms with Crippen molar-refractivity contribution in [1.29, 1.82) is 5.26 Å². The minimum Gasteiger partial charge on any atom is -0.321 e. The molecule has 0 saturated carbocycles. The van der Waals surface area contributed by atoms with Crippen LogP contribution in [0.3, 0.4) is 0 Å². The van der Waals surface area contributed by atoms with E-state index >= 15 is 0 Å². The van der Waals surface area contributed by atoms with E-state index in [1.807, 2.05) is 6.07 Å². The van der Waals surface area contributed by atoms with Crippen molar-refractivity contribution in [3.63, 3.8) is 0 Å². The van der Waals surface area contributed by atoms with Gasteiger partial charge in [0.05, 0.1) is 5.25 Å². The molecule has 34 heavy (non-hydrogen) atoms. The zero-order chi connectivity index (χ0) is 24.2. The van der Waals surface area contributed by atoms with Crippen LogP contribution in [0, 0.1) is 17.1 Å². The number of rotatable bonds is 5. The molecule has 3 aromatic rings. The summed E-state index contributed by atoms with van der Waals surface area (Å²) in [6.07, 6.45) is 0.317. The number of anilines is 2. The number of hydrogen-bond acceptors (Lipinski definition) is 4. The van der Waals surface area contributed by atoms with Gasteiger partial charge in [0.2, 0.25) is 5.91 Å². The van der Waals surface area contributed by atoms with Crippen molar-refractivity contribution in [2.45, 2.75) is 11.7 Å². The first-order valence-electron chi connectivity index (χ1n) is 10.1. The van der Waals surface area contributed by atoms with E-state index in [4.69, 9.17) is 11.6 Å². The van der Waals surface area contributed by atoms with E-state index in [1.165, 1.54) is 17.0 Å². The number of nitrogens with one attached hydrogen (secondary N) is 1. The van der Waals surface area contributed by atoms with E-state index in [-0.39, 0.29) is 22.3 Å². The molecule has 0 radical (unpaired) electrons. The summed E-state index contributed by atoms with van der Waals surface area (Å²) in [7, 11) is 0. The molecule has 5 nitrogen and oxygen atoms in total. The second kappa shape index (κ2) is 10.4. The number of carbonyl (C=O) groups is 2. The van der Waals surface area contributed by atoms with Crippen LogP contribution >= 0.6 is 39.3 Å². The van der Waals surface area contributed by atoms with Crippen LogP contribution in [0.2, 0.25) is 5.02 Å². The van der Waals surface area contributed by atoms with Crippen LogP contribution in [0.5, 0.6) is 0 Å². The number of benzene rings is 3. The first-order valence-corrected chi connectivity index (χ1v) is 12.1. The molecule has 9 heteroatoms. The van der Waals surface area contributed by atoms with Gasteiger partial charge in [0, 0.05) is 20.9 Å². The van der Waals surface area contributed by atoms with Gasteiger partial charge in [-0.15, -0.1) is 0 Å². The Bertz CT molecular complexity index is 1310. The van der Waals surface area contributed by atoms with Gasteiger partial charge >= 0.3 is 0 Å². The van der Waals surface area contributed by atoms with Crippen molar-refractivity contribution in [3.8, 4) is 6.07 Å². The average Bonchev–Trinajstić information content (AvgIpc) is 3.13. The number of amides is 2. The molecule has 1 atom stereocenters. The van der Waals surface area contributed by atoms with E-state index in [0.717, 1.165) is 21.8 Å². The highest BCUT2D eigenvalue weighted by atomic mass is 79.9. The van der Waals surface area contributed by atoms with Crippen molar-refractivity contribution in [2.75, 3.05) is 10.2 Å². The zero-order valence-corrected chi connectivity index (χ0v) is 20.6. The molecule has 1 N–H and O–H groups in total. The fourth-order valence-corrected chi connectivity index (χ4v) is 5.07. The summed E-state index contributed by atoms with van der Waals surface area (Å²) in [4.78, 5) is 27.9. The van der Waals surface area contributed by atoms with Gasteiger partial charge in [-0.2, -0.15) is 5.26 Å². The summed E-state index contributed by atoms with van der Waals surface area (Å²) in [5, 5.41) is 12.7. The van der Waals surface area contributed by atoms with E-state index in [0.29, 0.717) is 22.8 Å². The summed E-state index contributed by atoms with van der Waals surface area (Å²) in [6.45, 7) is 0. The molecule has 0 unspecified atom stereocenters. The third kappa shape index (κ3) is 5.33. The van der Waals surface area contributed by atoms with Gasteiger partial charge in [0.25, 0.3) is 5.91 Å². The van der Waals surface area contributed by atoms with Crippen LogP contribution in [0.15, 0.2) is 87.9 Å². The maximum absolute atomic E-state index is 13.4. The maximum Gasteiger partial charge on any atom is 0.269 e. The van der Waals surface area contributed by atoms with Crippen LogP contribution in [0.1, 0.15) is 5.56 Å². The Morgan fingerprint density at radius 2 is 1.74 bits per heavy atom. The molecule has 1 heterocycles. The molecular weight excluding hydrogens is 541 g/mol. The van der Waals surface area contributed by atoms with Gasteiger partial charge in [0.15, 0.2) is 0 Å². The molecule has 1 aliphatic heterocycles. The number of nitrogens with zero attached hydrogens (tertiary/aromatic N) is 2. The van der Waals surface area contributed by atoms with Crippen molar-refractivity contribution >= 4 is 62.5 Å². The summed E-state index contributed by atoms with van der Waals surface area (Å²) >= 11 is 10.4. The fourth-order valence-electron chi connectivity index (χ4n) is 3.37. The molecule has 1 fully saturated rings. The maximum atomic E-state index is 13.4. The van der Waals surface area contributed by atoms with Crippen LogP contribution in [0.25, 0.3) is 0 Å². The molecule has 3 aromatic carbocycles. The van der Waals surface area contributed by atoms with Crippen LogP contribution in [-0.2, 0) is 16.0 Å². The van der Waals surface area contributed by atoms with Gasteiger partial charge in [-0.05, 0) is 72.6 Å². The number of thioether (sulfide) groups is 1. The first-order chi connectivity index (χ1) is 16.4. The quantitative estimate of drug-likeness (QED) is 0.295. The third-order valence-corrected chi connectivity index (χ3v) is 7.07. The largest absolute Gasteiger partial charge is 0.321 e. The molecule has 170 valence electrons. The van der Waals surface area contributed by atoms with Crippen molar-refractivity contribution < 1.29 is 14.0 Å². The van der Waals surface area contributed by atoms with E-state index < -0.39 is 11.2 Å². The van der Waals surface area contributed by atoms with Crippen molar-refractivity contribution in [2.24, 2.45) is 0 Å². The Kier molecular flexibility index (Phi) is 7.37. The first kappa shape index (κ1) is 24.0.